The molecule has 0 atom stereocenters. The van der Waals surface area contributed by atoms with Crippen LogP contribution in [0.15, 0.2) is 146 Å². The molecule has 0 saturated carbocycles. The van der Waals surface area contributed by atoms with Crippen LogP contribution in [0.5, 0.6) is 23.0 Å². The molecule has 0 amide bonds. The molecule has 0 spiro atoms. The van der Waals surface area contributed by atoms with E-state index < -0.39 is 0 Å². The van der Waals surface area contributed by atoms with Gasteiger partial charge in [0.15, 0.2) is 0 Å². The molecule has 5 nitrogen and oxygen atoms in total. The monoisotopic (exact) mass is 547 g/mol. The highest BCUT2D eigenvalue weighted by Gasteiger charge is 2.24. The summed E-state index contributed by atoms with van der Waals surface area (Å²) in [4.78, 5) is 9.22. The highest BCUT2D eigenvalue weighted by molar-refractivity contribution is 5.82. The zero-order valence-corrected chi connectivity index (χ0v) is 23.2. The van der Waals surface area contributed by atoms with E-state index in [1.54, 1.807) is 0 Å². The summed E-state index contributed by atoms with van der Waals surface area (Å²) in [7, 11) is 2.11. The average molecular weight is 548 g/mol. The molecule has 7 rings (SSSR count). The van der Waals surface area contributed by atoms with Gasteiger partial charge in [-0.05, 0) is 83.9 Å². The van der Waals surface area contributed by atoms with Crippen LogP contribution in [0.3, 0.4) is 0 Å². The zero-order chi connectivity index (χ0) is 28.3. The van der Waals surface area contributed by atoms with E-state index in [1.807, 2.05) is 85.1 Å². The number of fused-ring (bicyclic) bond motifs is 1. The number of nitrogens with zero attached hydrogens (tertiary/aromatic N) is 3. The topological polar surface area (TPSA) is 37.8 Å². The van der Waals surface area contributed by atoms with Crippen LogP contribution in [0.25, 0.3) is 22.4 Å². The molecule has 2 heterocycles. The smallest absolute Gasteiger partial charge is 0.129 e. The van der Waals surface area contributed by atoms with Gasteiger partial charge in [0, 0.05) is 30.6 Å². The van der Waals surface area contributed by atoms with E-state index in [1.165, 1.54) is 11.4 Å². The minimum absolute atomic E-state index is 0.758. The summed E-state index contributed by atoms with van der Waals surface area (Å²) in [6.45, 7) is 0.793. The normalized spacial score (nSPS) is 12.2. The molecular weight excluding hydrogens is 518 g/mol. The van der Waals surface area contributed by atoms with Crippen LogP contribution in [0.4, 0.5) is 17.1 Å². The van der Waals surface area contributed by atoms with Crippen LogP contribution in [0.1, 0.15) is 0 Å². The number of aromatic nitrogens is 1. The van der Waals surface area contributed by atoms with Crippen molar-refractivity contribution in [1.82, 2.24) is 4.98 Å². The Morgan fingerprint density at radius 2 is 1.12 bits per heavy atom. The molecule has 0 unspecified atom stereocenters. The first-order chi connectivity index (χ1) is 20.7. The second-order valence-corrected chi connectivity index (χ2v) is 10.3. The molecule has 42 heavy (non-hydrogen) atoms. The highest BCUT2D eigenvalue weighted by atomic mass is 16.5. The summed E-state index contributed by atoms with van der Waals surface area (Å²) in [5, 5.41) is 0. The van der Waals surface area contributed by atoms with Gasteiger partial charge in [0.25, 0.3) is 0 Å². The Morgan fingerprint density at radius 1 is 0.524 bits per heavy atom. The van der Waals surface area contributed by atoms with Gasteiger partial charge in [-0.2, -0.15) is 0 Å². The maximum absolute atomic E-state index is 6.36. The number of hydrogen-bond donors (Lipinski definition) is 0. The fourth-order valence-electron chi connectivity index (χ4n) is 5.30. The number of benzene rings is 5. The van der Waals surface area contributed by atoms with Crippen molar-refractivity contribution in [2.24, 2.45) is 0 Å². The minimum Gasteiger partial charge on any atom is -0.457 e. The number of anilines is 3. The molecule has 6 aromatic rings. The number of pyridine rings is 1. The third-order valence-electron chi connectivity index (χ3n) is 7.34. The van der Waals surface area contributed by atoms with Gasteiger partial charge in [0.05, 0.1) is 23.7 Å². The number of ether oxygens (including phenoxy) is 2. The van der Waals surface area contributed by atoms with Gasteiger partial charge in [-0.25, -0.2) is 0 Å². The van der Waals surface area contributed by atoms with Gasteiger partial charge < -0.3 is 19.3 Å². The molecule has 5 heteroatoms. The Kier molecular flexibility index (Phi) is 6.74. The number of para-hydroxylation sites is 3. The predicted octanol–water partition coefficient (Wildman–Crippen LogP) is 9.55. The van der Waals surface area contributed by atoms with E-state index in [9.17, 15) is 0 Å². The summed E-state index contributed by atoms with van der Waals surface area (Å²) in [5.74, 6) is 3.14. The number of rotatable bonds is 7. The van der Waals surface area contributed by atoms with E-state index in [2.05, 4.69) is 82.5 Å². The molecular formula is C37H29N3O2. The van der Waals surface area contributed by atoms with Gasteiger partial charge in [-0.1, -0.05) is 60.7 Å². The Labute approximate surface area is 245 Å². The molecule has 1 aliphatic heterocycles. The first-order valence-corrected chi connectivity index (χ1v) is 14.0. The van der Waals surface area contributed by atoms with Crippen molar-refractivity contribution < 1.29 is 9.47 Å². The summed E-state index contributed by atoms with van der Waals surface area (Å²) in [5.41, 5.74) is 7.49. The lowest BCUT2D eigenvalue weighted by molar-refractivity contribution is 0.482. The lowest BCUT2D eigenvalue weighted by Crippen LogP contribution is -2.23. The molecule has 0 fully saturated rings. The SMILES string of the molecule is CN1CN(c2cccc(Oc3cccc(-c4cc(-c5cccc(Oc6ccccc6)c5)ccn4)c3)c2)c2ccccc21. The molecule has 1 aliphatic rings. The van der Waals surface area contributed by atoms with Crippen molar-refractivity contribution in [3.05, 3.63) is 146 Å². The first kappa shape index (κ1) is 25.4. The van der Waals surface area contributed by atoms with E-state index in [4.69, 9.17) is 9.47 Å². The Hall–Kier alpha value is -5.55. The molecule has 1 aromatic heterocycles. The van der Waals surface area contributed by atoms with Gasteiger partial charge in [0.1, 0.15) is 23.0 Å². The van der Waals surface area contributed by atoms with Crippen molar-refractivity contribution >= 4 is 17.1 Å². The third-order valence-corrected chi connectivity index (χ3v) is 7.34. The van der Waals surface area contributed by atoms with Crippen LogP contribution in [-0.4, -0.2) is 18.7 Å². The van der Waals surface area contributed by atoms with Crippen LogP contribution in [0, 0.1) is 0 Å². The first-order valence-electron chi connectivity index (χ1n) is 14.0. The van der Waals surface area contributed by atoms with Gasteiger partial charge in [0.2, 0.25) is 0 Å². The quantitative estimate of drug-likeness (QED) is 0.199. The zero-order valence-electron chi connectivity index (χ0n) is 23.2. The molecule has 5 aromatic carbocycles. The maximum atomic E-state index is 6.36. The summed E-state index contributed by atoms with van der Waals surface area (Å²) in [6.07, 6.45) is 1.84. The van der Waals surface area contributed by atoms with E-state index in [-0.39, 0.29) is 0 Å². The fraction of sp³-hybridized carbons (Fsp3) is 0.0541. The lowest BCUT2D eigenvalue weighted by atomic mass is 10.0. The summed E-state index contributed by atoms with van der Waals surface area (Å²) >= 11 is 0. The fourth-order valence-corrected chi connectivity index (χ4v) is 5.30. The number of hydrogen-bond acceptors (Lipinski definition) is 5. The summed E-state index contributed by atoms with van der Waals surface area (Å²) in [6, 6.07) is 46.8. The van der Waals surface area contributed by atoms with Crippen molar-refractivity contribution in [3.8, 4) is 45.4 Å². The Morgan fingerprint density at radius 3 is 1.93 bits per heavy atom. The average Bonchev–Trinajstić information content (AvgIpc) is 3.38. The van der Waals surface area contributed by atoms with E-state index in [0.717, 1.165) is 57.7 Å². The molecule has 204 valence electrons. The van der Waals surface area contributed by atoms with Crippen LogP contribution >= 0.6 is 0 Å². The lowest BCUT2D eigenvalue weighted by Gasteiger charge is -2.20. The van der Waals surface area contributed by atoms with Gasteiger partial charge >= 0.3 is 0 Å². The van der Waals surface area contributed by atoms with Crippen molar-refractivity contribution in [3.63, 3.8) is 0 Å². The van der Waals surface area contributed by atoms with E-state index >= 15 is 0 Å². The van der Waals surface area contributed by atoms with Crippen molar-refractivity contribution in [2.45, 2.75) is 0 Å². The molecule has 0 saturated heterocycles. The van der Waals surface area contributed by atoms with Gasteiger partial charge in [-0.3, -0.25) is 4.98 Å². The van der Waals surface area contributed by atoms with Gasteiger partial charge in [-0.15, -0.1) is 0 Å². The highest BCUT2D eigenvalue weighted by Crippen LogP contribution is 2.41. The standard InChI is InChI=1S/C37H29N3O2/c1-39-26-40(37-19-6-5-18-36(37)39)30-12-9-17-34(25-30)42-33-16-8-11-29(23-33)35-24-28(20-21-38-35)27-10-7-15-32(22-27)41-31-13-3-2-4-14-31/h2-25H,26H2,1H3. The summed E-state index contributed by atoms with van der Waals surface area (Å²) < 4.78 is 12.4. The molecule has 0 bridgehead atoms. The van der Waals surface area contributed by atoms with Crippen LogP contribution in [0.2, 0.25) is 0 Å². The van der Waals surface area contributed by atoms with Crippen LogP contribution in [-0.2, 0) is 0 Å². The molecule has 0 aliphatic carbocycles. The molecule has 0 N–H and O–H groups in total. The maximum Gasteiger partial charge on any atom is 0.129 e. The molecule has 0 radical (unpaired) electrons. The predicted molar refractivity (Wildman–Crippen MR) is 170 cm³/mol. The van der Waals surface area contributed by atoms with Crippen LogP contribution < -0.4 is 19.3 Å². The van der Waals surface area contributed by atoms with Crippen molar-refractivity contribution in [2.75, 3.05) is 23.5 Å². The van der Waals surface area contributed by atoms with Crippen molar-refractivity contribution in [1.29, 1.82) is 0 Å². The van der Waals surface area contributed by atoms with E-state index in [0.29, 0.717) is 0 Å². The third kappa shape index (κ3) is 5.28. The minimum atomic E-state index is 0.758. The largest absolute Gasteiger partial charge is 0.457 e. The Balaban J connectivity index is 1.11. The second kappa shape index (κ2) is 11.1. The second-order valence-electron chi connectivity index (χ2n) is 10.3. The Bertz CT molecular complexity index is 1850.